The highest BCUT2D eigenvalue weighted by Gasteiger charge is 2.50. The summed E-state index contributed by atoms with van der Waals surface area (Å²) < 4.78 is 70.3. The highest BCUT2D eigenvalue weighted by Crippen LogP contribution is 2.44. The van der Waals surface area contributed by atoms with Gasteiger partial charge in [0.05, 0.1) is 12.2 Å². The van der Waals surface area contributed by atoms with Crippen molar-refractivity contribution in [1.82, 2.24) is 19.8 Å². The number of hydrogen-bond acceptors (Lipinski definition) is 4. The summed E-state index contributed by atoms with van der Waals surface area (Å²) in [7, 11) is 1.54. The van der Waals surface area contributed by atoms with Gasteiger partial charge in [0.2, 0.25) is 5.91 Å². The van der Waals surface area contributed by atoms with Crippen molar-refractivity contribution in [3.05, 3.63) is 70.4 Å². The van der Waals surface area contributed by atoms with Crippen LogP contribution in [0, 0.1) is 5.41 Å². The van der Waals surface area contributed by atoms with Crippen LogP contribution in [0.5, 0.6) is 0 Å². The normalized spacial score (nSPS) is 18.9. The maximum Gasteiger partial charge on any atom is 0.430 e. The molecule has 3 rings (SSSR count). The van der Waals surface area contributed by atoms with Gasteiger partial charge in [0, 0.05) is 37.7 Å². The molecule has 2 aromatic rings. The van der Waals surface area contributed by atoms with Crippen LogP contribution in [0.3, 0.4) is 0 Å². The van der Waals surface area contributed by atoms with Crippen LogP contribution < -0.4 is 0 Å². The van der Waals surface area contributed by atoms with Crippen LogP contribution in [0.25, 0.3) is 0 Å². The summed E-state index contributed by atoms with van der Waals surface area (Å²) in [5, 5.41) is 0.398. The first-order valence-corrected chi connectivity index (χ1v) is 11.6. The lowest BCUT2D eigenvalue weighted by atomic mass is 9.90. The first kappa shape index (κ1) is 27.8. The maximum atomic E-state index is 14.2. The number of aromatic nitrogens is 2. The number of benzene rings is 1. The van der Waals surface area contributed by atoms with E-state index in [1.165, 1.54) is 18.0 Å². The molecule has 0 saturated heterocycles. The Morgan fingerprint density at radius 3 is 2.19 bits per heavy atom. The molecule has 196 valence electrons. The van der Waals surface area contributed by atoms with E-state index in [-0.39, 0.29) is 11.1 Å². The summed E-state index contributed by atoms with van der Waals surface area (Å²) in [5.41, 5.74) is -0.939. The Hall–Kier alpha value is -2.75. The van der Waals surface area contributed by atoms with E-state index in [1.807, 2.05) is 20.8 Å². The number of allylic oxidation sites excluding steroid dienone is 1. The van der Waals surface area contributed by atoms with E-state index in [4.69, 9.17) is 11.6 Å². The lowest BCUT2D eigenvalue weighted by molar-refractivity contribution is -0.140. The van der Waals surface area contributed by atoms with Crippen molar-refractivity contribution in [3.8, 4) is 0 Å². The van der Waals surface area contributed by atoms with Crippen molar-refractivity contribution < 1.29 is 26.7 Å². The van der Waals surface area contributed by atoms with E-state index in [0.717, 1.165) is 17.2 Å². The summed E-state index contributed by atoms with van der Waals surface area (Å²) >= 11 is 5.97. The average Bonchev–Trinajstić information content (AvgIpc) is 3.11. The van der Waals surface area contributed by atoms with Crippen molar-refractivity contribution in [2.45, 2.75) is 58.3 Å². The number of nitrogens with zero attached hydrogens (tertiary/aromatic N) is 4. The van der Waals surface area contributed by atoms with E-state index in [2.05, 4.69) is 9.97 Å². The van der Waals surface area contributed by atoms with Crippen LogP contribution in [-0.2, 0) is 17.3 Å². The molecule has 0 N–H and O–H groups in total. The third-order valence-corrected chi connectivity index (χ3v) is 5.90. The molecule has 11 heteroatoms. The number of alkyl halides is 5. The molecule has 1 aromatic carbocycles. The minimum absolute atomic E-state index is 0.0651. The first-order chi connectivity index (χ1) is 16.5. The monoisotopic (exact) mass is 530 g/mol. The molecule has 2 atom stereocenters. The molecule has 5 nitrogen and oxygen atoms in total. The van der Waals surface area contributed by atoms with Crippen molar-refractivity contribution >= 4 is 17.5 Å². The molecule has 0 spiro atoms. The average molecular weight is 531 g/mol. The SMILES string of the molecule is CN(CC(C)(C)C)C(=O)C1C(c2ccc(Cl)cc2)C=C(C(F)(F)F)N1Cc1ccnc(C(C)(F)F)n1. The fourth-order valence-electron chi connectivity index (χ4n) is 4.28. The Morgan fingerprint density at radius 2 is 1.67 bits per heavy atom. The molecule has 0 saturated carbocycles. The third kappa shape index (κ3) is 6.52. The van der Waals surface area contributed by atoms with Crippen LogP contribution in [0.1, 0.15) is 50.7 Å². The van der Waals surface area contributed by atoms with E-state index in [1.54, 1.807) is 24.3 Å². The molecular weight excluding hydrogens is 503 g/mol. The van der Waals surface area contributed by atoms with Gasteiger partial charge in [0.15, 0.2) is 5.82 Å². The van der Waals surface area contributed by atoms with Gasteiger partial charge in [0.1, 0.15) is 11.7 Å². The molecule has 0 aliphatic carbocycles. The second-order valence-corrected chi connectivity index (χ2v) is 10.7. The van der Waals surface area contributed by atoms with Gasteiger partial charge in [-0.15, -0.1) is 0 Å². The summed E-state index contributed by atoms with van der Waals surface area (Å²) in [5.74, 6) is -5.67. The highest BCUT2D eigenvalue weighted by molar-refractivity contribution is 6.30. The minimum Gasteiger partial charge on any atom is -0.349 e. The second-order valence-electron chi connectivity index (χ2n) is 10.2. The predicted molar refractivity (Wildman–Crippen MR) is 126 cm³/mol. The smallest absolute Gasteiger partial charge is 0.349 e. The molecule has 0 bridgehead atoms. The molecule has 2 heterocycles. The van der Waals surface area contributed by atoms with Crippen molar-refractivity contribution in [2.75, 3.05) is 13.6 Å². The van der Waals surface area contributed by atoms with E-state index in [9.17, 15) is 26.7 Å². The number of rotatable bonds is 6. The second kappa shape index (κ2) is 9.95. The number of carbonyl (C=O) groups excluding carboxylic acids is 1. The summed E-state index contributed by atoms with van der Waals surface area (Å²) in [4.78, 5) is 23.3. The van der Waals surface area contributed by atoms with Gasteiger partial charge in [0.25, 0.3) is 0 Å². The Morgan fingerprint density at radius 1 is 1.06 bits per heavy atom. The fourth-order valence-corrected chi connectivity index (χ4v) is 4.40. The highest BCUT2D eigenvalue weighted by atomic mass is 35.5. The van der Waals surface area contributed by atoms with E-state index < -0.39 is 48.0 Å². The van der Waals surface area contributed by atoms with Crippen molar-refractivity contribution in [3.63, 3.8) is 0 Å². The molecule has 0 radical (unpaired) electrons. The molecule has 1 aliphatic heterocycles. The lowest BCUT2D eigenvalue weighted by Crippen LogP contribution is -2.49. The van der Waals surface area contributed by atoms with Crippen LogP contribution >= 0.6 is 11.6 Å². The zero-order valence-corrected chi connectivity index (χ0v) is 21.3. The summed E-state index contributed by atoms with van der Waals surface area (Å²) in [6.45, 7) is 6.12. The number of likely N-dealkylation sites (N-methyl/N-ethyl adjacent to an activating group) is 1. The van der Waals surface area contributed by atoms with Gasteiger partial charge < -0.3 is 9.80 Å². The molecule has 2 unspecified atom stereocenters. The van der Waals surface area contributed by atoms with Gasteiger partial charge in [-0.3, -0.25) is 4.79 Å². The van der Waals surface area contributed by atoms with Gasteiger partial charge in [-0.2, -0.15) is 22.0 Å². The Kier molecular flexibility index (Phi) is 7.70. The van der Waals surface area contributed by atoms with Crippen LogP contribution in [-0.4, -0.2) is 51.5 Å². The zero-order valence-electron chi connectivity index (χ0n) is 20.6. The molecule has 36 heavy (non-hydrogen) atoms. The first-order valence-electron chi connectivity index (χ1n) is 11.2. The quantitative estimate of drug-likeness (QED) is 0.420. The summed E-state index contributed by atoms with van der Waals surface area (Å²) in [6, 6.07) is 6.22. The third-order valence-electron chi connectivity index (χ3n) is 5.65. The van der Waals surface area contributed by atoms with E-state index in [0.29, 0.717) is 24.1 Å². The standard InChI is InChI=1S/C25H28ClF5N4O/c1-23(2,3)14-34(5)21(36)20-18(15-6-8-16(26)9-7-15)12-19(25(29,30)31)35(20)13-17-10-11-32-22(33-17)24(4,27)28/h6-12,18,20H,13-14H2,1-5H3. The number of amides is 1. The number of halogens is 6. The van der Waals surface area contributed by atoms with Crippen molar-refractivity contribution in [2.24, 2.45) is 5.41 Å². The molecule has 1 amide bonds. The Bertz CT molecular complexity index is 1120. The molecule has 0 fully saturated rings. The lowest BCUT2D eigenvalue weighted by Gasteiger charge is -2.36. The zero-order chi connectivity index (χ0) is 27.1. The van der Waals surface area contributed by atoms with Gasteiger partial charge in [-0.05, 0) is 35.3 Å². The largest absolute Gasteiger partial charge is 0.430 e. The molecule has 1 aromatic heterocycles. The van der Waals surface area contributed by atoms with Gasteiger partial charge >= 0.3 is 12.1 Å². The van der Waals surface area contributed by atoms with E-state index >= 15 is 0 Å². The van der Waals surface area contributed by atoms with Gasteiger partial charge in [-0.25, -0.2) is 9.97 Å². The summed E-state index contributed by atoms with van der Waals surface area (Å²) in [6.07, 6.45) is -2.72. The van der Waals surface area contributed by atoms with Gasteiger partial charge in [-0.1, -0.05) is 44.5 Å². The topological polar surface area (TPSA) is 49.3 Å². The Labute approximate surface area is 212 Å². The molecular formula is C25H28ClF5N4O. The minimum atomic E-state index is -4.80. The Balaban J connectivity index is 2.10. The van der Waals surface area contributed by atoms with Crippen LogP contribution in [0.4, 0.5) is 22.0 Å². The maximum absolute atomic E-state index is 14.2. The van der Waals surface area contributed by atoms with Crippen molar-refractivity contribution in [1.29, 1.82) is 0 Å². The van der Waals surface area contributed by atoms with Crippen LogP contribution in [0.2, 0.25) is 5.02 Å². The number of hydrogen-bond donors (Lipinski definition) is 0. The molecule has 1 aliphatic rings. The number of carbonyl (C=O) groups is 1. The predicted octanol–water partition coefficient (Wildman–Crippen LogP) is 6.16. The fraction of sp³-hybridized carbons (Fsp3) is 0.480. The van der Waals surface area contributed by atoms with Crippen LogP contribution in [0.15, 0.2) is 48.3 Å².